The molecule has 0 unspecified atom stereocenters. The molecule has 9 nitrogen and oxygen atoms in total. The molecule has 11 heteroatoms. The first-order chi connectivity index (χ1) is 25.0. The van der Waals surface area contributed by atoms with Crippen molar-refractivity contribution in [1.82, 2.24) is 14.7 Å². The maximum absolute atomic E-state index is 14.2. The molecule has 3 heterocycles. The molecular formula is C41H39FN4O5S. The minimum atomic E-state index is -2.87. The molecule has 0 amide bonds. The number of carbonyl (C=O) groups is 1. The zero-order chi connectivity index (χ0) is 36.1. The number of rotatable bonds is 9. The van der Waals surface area contributed by atoms with Crippen LogP contribution in [0.4, 0.5) is 10.2 Å². The number of nitrogens with two attached hydrogens (primary N) is 1. The van der Waals surface area contributed by atoms with Crippen LogP contribution in [0.15, 0.2) is 90.6 Å². The van der Waals surface area contributed by atoms with Crippen molar-refractivity contribution < 1.29 is 27.1 Å². The second kappa shape index (κ2) is 13.4. The fourth-order valence-corrected chi connectivity index (χ4v) is 8.92. The standard InChI is InChI=1S/C41H39FN4O5S/c1-25-7-3-4-8-33(25)34-20-27-18-29(19-28(27)21-39(34)50-32-13-15-45(16-14-32)31-23-52(48,49)24-31)40(47)35-22-44-46(41(35)43)30-11-12-37(26(2)17-30)51-38-10-6-5-9-36(38)42/h3-12,17,19-22,31-32H,13-16,18,23-24,43H2,1-2H3. The number of ketones is 1. The largest absolute Gasteiger partial charge is 0.490 e. The Labute approximate surface area is 302 Å². The predicted octanol–water partition coefficient (Wildman–Crippen LogP) is 7.13. The molecule has 0 spiro atoms. The number of aryl methyl sites for hydroxylation is 2. The van der Waals surface area contributed by atoms with E-state index in [-0.39, 0.29) is 41.0 Å². The minimum absolute atomic E-state index is 0.00496. The highest BCUT2D eigenvalue weighted by atomic mass is 32.2. The number of halogens is 1. The molecule has 52 heavy (non-hydrogen) atoms. The molecule has 2 fully saturated rings. The highest BCUT2D eigenvalue weighted by molar-refractivity contribution is 7.92. The van der Waals surface area contributed by atoms with Gasteiger partial charge in [0.05, 0.1) is 29.0 Å². The Morgan fingerprint density at radius 2 is 1.63 bits per heavy atom. The van der Waals surface area contributed by atoms with Crippen LogP contribution in [-0.2, 0) is 16.3 Å². The van der Waals surface area contributed by atoms with Crippen LogP contribution in [-0.4, -0.2) is 65.6 Å². The molecule has 2 N–H and O–H groups in total. The normalized spacial score (nSPS) is 17.3. The number of nitrogens with zero attached hydrogens (tertiary/aromatic N) is 3. The topological polar surface area (TPSA) is 117 Å². The summed E-state index contributed by atoms with van der Waals surface area (Å²) < 4.78 is 51.7. The summed E-state index contributed by atoms with van der Waals surface area (Å²) in [6, 6.07) is 24.0. The summed E-state index contributed by atoms with van der Waals surface area (Å²) in [4.78, 5) is 16.2. The first kappa shape index (κ1) is 33.9. The third-order valence-electron chi connectivity index (χ3n) is 10.4. The van der Waals surface area contributed by atoms with Crippen LogP contribution >= 0.6 is 0 Å². The maximum Gasteiger partial charge on any atom is 0.194 e. The summed E-state index contributed by atoms with van der Waals surface area (Å²) in [6.07, 6.45) is 5.48. The molecule has 4 aromatic carbocycles. The van der Waals surface area contributed by atoms with E-state index in [9.17, 15) is 17.6 Å². The van der Waals surface area contributed by atoms with Crippen LogP contribution < -0.4 is 15.2 Å². The van der Waals surface area contributed by atoms with Gasteiger partial charge in [0.1, 0.15) is 23.4 Å². The van der Waals surface area contributed by atoms with E-state index in [0.29, 0.717) is 29.0 Å². The summed E-state index contributed by atoms with van der Waals surface area (Å²) in [5, 5.41) is 4.46. The van der Waals surface area contributed by atoms with Gasteiger partial charge >= 0.3 is 0 Å². The monoisotopic (exact) mass is 718 g/mol. The van der Waals surface area contributed by atoms with Gasteiger partial charge in [-0.15, -0.1) is 0 Å². The number of allylic oxidation sites excluding steroid dienone is 1. The van der Waals surface area contributed by atoms with Crippen LogP contribution in [0.2, 0.25) is 0 Å². The van der Waals surface area contributed by atoms with Gasteiger partial charge in [0.25, 0.3) is 0 Å². The number of Topliss-reactive ketones (excluding diaryl/α,β-unsaturated/α-hetero) is 1. The maximum atomic E-state index is 14.2. The van der Waals surface area contributed by atoms with Crippen molar-refractivity contribution in [3.05, 3.63) is 124 Å². The number of benzene rings is 4. The Bertz CT molecular complexity index is 2350. The van der Waals surface area contributed by atoms with E-state index in [1.807, 2.05) is 37.3 Å². The number of likely N-dealkylation sites (tertiary alicyclic amines) is 1. The first-order valence-corrected chi connectivity index (χ1v) is 19.3. The van der Waals surface area contributed by atoms with Gasteiger partial charge in [0, 0.05) is 36.7 Å². The number of carbonyl (C=O) groups excluding carboxylic acids is 1. The van der Waals surface area contributed by atoms with E-state index in [1.54, 1.807) is 30.3 Å². The van der Waals surface area contributed by atoms with Gasteiger partial charge in [-0.2, -0.15) is 5.10 Å². The molecule has 266 valence electrons. The van der Waals surface area contributed by atoms with E-state index in [1.165, 1.54) is 16.9 Å². The van der Waals surface area contributed by atoms with E-state index >= 15 is 0 Å². The molecule has 2 aliphatic heterocycles. The smallest absolute Gasteiger partial charge is 0.194 e. The number of hydrogen-bond donors (Lipinski definition) is 1. The third kappa shape index (κ3) is 6.50. The first-order valence-electron chi connectivity index (χ1n) is 17.5. The van der Waals surface area contributed by atoms with Crippen LogP contribution in [0.5, 0.6) is 17.2 Å². The summed E-state index contributed by atoms with van der Waals surface area (Å²) in [7, 11) is -2.87. The lowest BCUT2D eigenvalue weighted by molar-refractivity contribution is 0.0827. The number of hydrogen-bond acceptors (Lipinski definition) is 8. The molecule has 8 rings (SSSR count). The number of anilines is 1. The fourth-order valence-electron chi connectivity index (χ4n) is 7.42. The molecule has 0 atom stereocenters. The summed E-state index contributed by atoms with van der Waals surface area (Å²) >= 11 is 0. The SMILES string of the molecule is Cc1cc(-n2ncc(C(=O)C3=Cc4cc(OC5CCN(C6CS(=O)(=O)C6)CC5)c(-c5ccccc5C)cc4C3)c2N)ccc1Oc1ccccc1F. The van der Waals surface area contributed by atoms with E-state index in [0.717, 1.165) is 65.1 Å². The number of aromatic nitrogens is 2. The Balaban J connectivity index is 1.02. The van der Waals surface area contributed by atoms with Gasteiger partial charge in [-0.3, -0.25) is 9.69 Å². The Morgan fingerprint density at radius 1 is 0.885 bits per heavy atom. The lowest BCUT2D eigenvalue weighted by atomic mass is 9.95. The van der Waals surface area contributed by atoms with Gasteiger partial charge in [-0.1, -0.05) is 36.4 Å². The average Bonchev–Trinajstić information content (AvgIpc) is 3.72. The van der Waals surface area contributed by atoms with Crippen molar-refractivity contribution in [2.75, 3.05) is 30.3 Å². The van der Waals surface area contributed by atoms with Gasteiger partial charge in [-0.05, 0) is 103 Å². The van der Waals surface area contributed by atoms with Gasteiger partial charge in [0.15, 0.2) is 27.2 Å². The quantitative estimate of drug-likeness (QED) is 0.160. The van der Waals surface area contributed by atoms with Crippen molar-refractivity contribution in [3.8, 4) is 34.1 Å². The summed E-state index contributed by atoms with van der Waals surface area (Å²) in [5.74, 6) is 1.48. The Hall–Kier alpha value is -5.26. The molecule has 3 aliphatic rings. The van der Waals surface area contributed by atoms with Gasteiger partial charge in [-0.25, -0.2) is 17.5 Å². The van der Waals surface area contributed by atoms with E-state index < -0.39 is 15.7 Å². The van der Waals surface area contributed by atoms with Crippen LogP contribution in [0.3, 0.4) is 0 Å². The zero-order valence-electron chi connectivity index (χ0n) is 29.0. The second-order valence-electron chi connectivity index (χ2n) is 14.0. The molecule has 0 radical (unpaired) electrons. The predicted molar refractivity (Wildman–Crippen MR) is 199 cm³/mol. The summed E-state index contributed by atoms with van der Waals surface area (Å²) in [5.41, 5.74) is 14.0. The van der Waals surface area contributed by atoms with Gasteiger partial charge < -0.3 is 15.2 Å². The van der Waals surface area contributed by atoms with Crippen molar-refractivity contribution in [3.63, 3.8) is 0 Å². The Morgan fingerprint density at radius 3 is 2.37 bits per heavy atom. The Kier molecular flexibility index (Phi) is 8.71. The number of para-hydroxylation sites is 1. The second-order valence-corrected chi connectivity index (χ2v) is 16.1. The number of piperidine rings is 1. The molecule has 1 aliphatic carbocycles. The molecule has 5 aromatic rings. The number of nitrogen functional groups attached to an aromatic ring is 1. The van der Waals surface area contributed by atoms with Crippen molar-refractivity contribution in [2.24, 2.45) is 0 Å². The van der Waals surface area contributed by atoms with Crippen molar-refractivity contribution in [1.29, 1.82) is 0 Å². The molecular weight excluding hydrogens is 680 g/mol. The van der Waals surface area contributed by atoms with Crippen LogP contribution in [0.25, 0.3) is 22.9 Å². The molecule has 1 aromatic heterocycles. The van der Waals surface area contributed by atoms with E-state index in [2.05, 4.69) is 35.1 Å². The summed E-state index contributed by atoms with van der Waals surface area (Å²) in [6.45, 7) is 5.53. The average molecular weight is 719 g/mol. The molecule has 2 saturated heterocycles. The zero-order valence-corrected chi connectivity index (χ0v) is 29.8. The highest BCUT2D eigenvalue weighted by Crippen LogP contribution is 2.41. The molecule has 0 saturated carbocycles. The van der Waals surface area contributed by atoms with Crippen molar-refractivity contribution in [2.45, 2.75) is 45.3 Å². The van der Waals surface area contributed by atoms with Crippen LogP contribution in [0, 0.1) is 19.7 Å². The van der Waals surface area contributed by atoms with Crippen molar-refractivity contribution >= 4 is 27.5 Å². The number of sulfone groups is 1. The number of fused-ring (bicyclic) bond motifs is 1. The molecule has 0 bridgehead atoms. The van der Waals surface area contributed by atoms with E-state index in [4.69, 9.17) is 15.2 Å². The fraction of sp³-hybridized carbons (Fsp3) is 0.268. The van der Waals surface area contributed by atoms with Gasteiger partial charge in [0.2, 0.25) is 0 Å². The highest BCUT2D eigenvalue weighted by Gasteiger charge is 2.39. The third-order valence-corrected chi connectivity index (χ3v) is 12.2. The minimum Gasteiger partial charge on any atom is -0.490 e. The van der Waals surface area contributed by atoms with Crippen LogP contribution in [0.1, 0.15) is 45.5 Å². The number of ether oxygens (including phenoxy) is 2. The lowest BCUT2D eigenvalue weighted by Gasteiger charge is -2.41. The lowest BCUT2D eigenvalue weighted by Crippen LogP contribution is -2.56.